The molecule has 1 aromatic carbocycles. The minimum atomic E-state index is 0.181. The van der Waals surface area contributed by atoms with Crippen LogP contribution in [0, 0.1) is 12.8 Å². The second-order valence-electron chi connectivity index (χ2n) is 5.99. The van der Waals surface area contributed by atoms with E-state index in [1.54, 1.807) is 0 Å². The van der Waals surface area contributed by atoms with Gasteiger partial charge in [0.05, 0.1) is 12.2 Å². The van der Waals surface area contributed by atoms with Gasteiger partial charge in [-0.05, 0) is 38.3 Å². The van der Waals surface area contributed by atoms with Crippen LogP contribution in [0.25, 0.3) is 0 Å². The lowest BCUT2D eigenvalue weighted by molar-refractivity contribution is -0.0388. The van der Waals surface area contributed by atoms with Crippen LogP contribution in [0.5, 0.6) is 0 Å². The molecule has 1 N–H and O–H groups in total. The van der Waals surface area contributed by atoms with Gasteiger partial charge in [0.1, 0.15) is 0 Å². The molecule has 1 aliphatic rings. The van der Waals surface area contributed by atoms with Crippen molar-refractivity contribution in [3.8, 4) is 0 Å². The summed E-state index contributed by atoms with van der Waals surface area (Å²) in [6.07, 6.45) is 5.72. The van der Waals surface area contributed by atoms with Crippen LogP contribution in [0.15, 0.2) is 24.3 Å². The minimum absolute atomic E-state index is 0.181. The molecule has 0 heterocycles. The van der Waals surface area contributed by atoms with Gasteiger partial charge < -0.3 is 10.1 Å². The van der Waals surface area contributed by atoms with Gasteiger partial charge in [0, 0.05) is 6.54 Å². The van der Waals surface area contributed by atoms with Crippen LogP contribution >= 0.6 is 0 Å². The molecule has 1 aliphatic carbocycles. The molecule has 3 unspecified atom stereocenters. The predicted molar refractivity (Wildman–Crippen MR) is 80.4 cm³/mol. The molecule has 19 heavy (non-hydrogen) atoms. The summed E-state index contributed by atoms with van der Waals surface area (Å²) >= 11 is 0. The maximum absolute atomic E-state index is 6.38. The first kappa shape index (κ1) is 14.5. The van der Waals surface area contributed by atoms with Gasteiger partial charge in [-0.2, -0.15) is 0 Å². The van der Waals surface area contributed by atoms with Crippen LogP contribution in [-0.4, -0.2) is 19.7 Å². The molecule has 1 saturated carbocycles. The third kappa shape index (κ3) is 4.32. The van der Waals surface area contributed by atoms with Crippen LogP contribution in [0.1, 0.15) is 49.8 Å². The molecular weight excluding hydrogens is 234 g/mol. The van der Waals surface area contributed by atoms with E-state index in [-0.39, 0.29) is 6.10 Å². The van der Waals surface area contributed by atoms with Gasteiger partial charge in [0.15, 0.2) is 0 Å². The molecule has 0 aromatic heterocycles. The Labute approximate surface area is 117 Å². The number of aryl methyl sites for hydroxylation is 1. The zero-order chi connectivity index (χ0) is 13.7. The van der Waals surface area contributed by atoms with Crippen molar-refractivity contribution in [2.45, 2.75) is 51.7 Å². The lowest BCUT2D eigenvalue weighted by Crippen LogP contribution is -2.28. The summed E-state index contributed by atoms with van der Waals surface area (Å²) in [4.78, 5) is 0. The number of hydrogen-bond acceptors (Lipinski definition) is 2. The fourth-order valence-corrected chi connectivity index (χ4v) is 3.03. The quantitative estimate of drug-likeness (QED) is 0.869. The second-order valence-corrected chi connectivity index (χ2v) is 5.99. The van der Waals surface area contributed by atoms with Crippen LogP contribution in [0.2, 0.25) is 0 Å². The van der Waals surface area contributed by atoms with Crippen molar-refractivity contribution in [2.75, 3.05) is 13.6 Å². The van der Waals surface area contributed by atoms with E-state index < -0.39 is 0 Å². The molecule has 0 saturated heterocycles. The third-order valence-corrected chi connectivity index (χ3v) is 4.05. The van der Waals surface area contributed by atoms with E-state index in [0.29, 0.717) is 6.10 Å². The largest absolute Gasteiger partial charge is 0.369 e. The minimum Gasteiger partial charge on any atom is -0.369 e. The Kier molecular flexibility index (Phi) is 5.41. The summed E-state index contributed by atoms with van der Waals surface area (Å²) in [5, 5.41) is 3.26. The van der Waals surface area contributed by atoms with Gasteiger partial charge in [0.2, 0.25) is 0 Å². The van der Waals surface area contributed by atoms with Crippen molar-refractivity contribution in [3.63, 3.8) is 0 Å². The highest BCUT2D eigenvalue weighted by atomic mass is 16.5. The molecule has 0 aliphatic heterocycles. The second kappa shape index (κ2) is 7.06. The number of ether oxygens (including phenoxy) is 1. The zero-order valence-corrected chi connectivity index (χ0v) is 12.5. The zero-order valence-electron chi connectivity index (χ0n) is 12.5. The van der Waals surface area contributed by atoms with Crippen molar-refractivity contribution >= 4 is 0 Å². The molecule has 2 nitrogen and oxygen atoms in total. The first-order chi connectivity index (χ1) is 9.19. The smallest absolute Gasteiger partial charge is 0.0952 e. The number of likely N-dealkylation sites (N-methyl/N-ethyl adjacent to an activating group) is 1. The Morgan fingerprint density at radius 1 is 1.37 bits per heavy atom. The van der Waals surface area contributed by atoms with E-state index >= 15 is 0 Å². The van der Waals surface area contributed by atoms with Gasteiger partial charge in [-0.15, -0.1) is 0 Å². The molecule has 0 bridgehead atoms. The number of benzene rings is 1. The van der Waals surface area contributed by atoms with Crippen molar-refractivity contribution in [1.29, 1.82) is 0 Å². The van der Waals surface area contributed by atoms with Crippen LogP contribution in [0.3, 0.4) is 0 Å². The van der Waals surface area contributed by atoms with Crippen molar-refractivity contribution in [1.82, 2.24) is 5.32 Å². The van der Waals surface area contributed by atoms with E-state index in [1.165, 1.54) is 36.8 Å². The molecule has 1 aromatic rings. The molecule has 3 atom stereocenters. The standard InChI is InChI=1S/C17H27NO/c1-13-6-4-8-15(10-13)17(12-18-3)19-16-9-5-7-14(2)11-16/h4,6,8,10,14,16-18H,5,7,9,11-12H2,1-3H3. The van der Waals surface area contributed by atoms with Gasteiger partial charge in [-0.3, -0.25) is 0 Å². The molecular formula is C17H27NO. The fourth-order valence-electron chi connectivity index (χ4n) is 3.03. The lowest BCUT2D eigenvalue weighted by atomic mass is 9.88. The molecule has 0 spiro atoms. The van der Waals surface area contributed by atoms with Gasteiger partial charge >= 0.3 is 0 Å². The van der Waals surface area contributed by atoms with E-state index in [4.69, 9.17) is 4.74 Å². The molecule has 106 valence electrons. The molecule has 0 radical (unpaired) electrons. The summed E-state index contributed by atoms with van der Waals surface area (Å²) in [6.45, 7) is 5.37. The average Bonchev–Trinajstić information content (AvgIpc) is 2.38. The molecule has 1 fully saturated rings. The van der Waals surface area contributed by atoms with E-state index in [2.05, 4.69) is 43.4 Å². The third-order valence-electron chi connectivity index (χ3n) is 4.05. The maximum Gasteiger partial charge on any atom is 0.0952 e. The summed E-state index contributed by atoms with van der Waals surface area (Å²) < 4.78 is 6.38. The average molecular weight is 261 g/mol. The highest BCUT2D eigenvalue weighted by Crippen LogP contribution is 2.30. The maximum atomic E-state index is 6.38. The fraction of sp³-hybridized carbons (Fsp3) is 0.647. The van der Waals surface area contributed by atoms with E-state index in [1.807, 2.05) is 7.05 Å². The number of nitrogens with one attached hydrogen (secondary N) is 1. The van der Waals surface area contributed by atoms with E-state index in [9.17, 15) is 0 Å². The summed E-state index contributed by atoms with van der Waals surface area (Å²) in [5.41, 5.74) is 2.60. The van der Waals surface area contributed by atoms with Crippen LogP contribution in [-0.2, 0) is 4.74 Å². The van der Waals surface area contributed by atoms with Gasteiger partial charge in [0.25, 0.3) is 0 Å². The van der Waals surface area contributed by atoms with Gasteiger partial charge in [-0.1, -0.05) is 49.6 Å². The summed E-state index contributed by atoms with van der Waals surface area (Å²) in [7, 11) is 2.00. The molecule has 2 heteroatoms. The first-order valence-electron chi connectivity index (χ1n) is 7.55. The monoisotopic (exact) mass is 261 g/mol. The Morgan fingerprint density at radius 3 is 2.89 bits per heavy atom. The Balaban J connectivity index is 2.03. The van der Waals surface area contributed by atoms with Crippen molar-refractivity contribution in [3.05, 3.63) is 35.4 Å². The molecule has 0 amide bonds. The van der Waals surface area contributed by atoms with Gasteiger partial charge in [-0.25, -0.2) is 0 Å². The van der Waals surface area contributed by atoms with Crippen LogP contribution < -0.4 is 5.32 Å². The highest BCUT2D eigenvalue weighted by Gasteiger charge is 2.23. The first-order valence-corrected chi connectivity index (χ1v) is 7.55. The number of rotatable bonds is 5. The number of hydrogen-bond donors (Lipinski definition) is 1. The SMILES string of the molecule is CNCC(OC1CCCC(C)C1)c1cccc(C)c1. The lowest BCUT2D eigenvalue weighted by Gasteiger charge is -2.31. The summed E-state index contributed by atoms with van der Waals surface area (Å²) in [5.74, 6) is 0.812. The normalized spacial score (nSPS) is 25.2. The van der Waals surface area contributed by atoms with Crippen molar-refractivity contribution in [2.24, 2.45) is 5.92 Å². The Hall–Kier alpha value is -0.860. The predicted octanol–water partition coefficient (Wildman–Crippen LogP) is 3.85. The topological polar surface area (TPSA) is 21.3 Å². The Bertz CT molecular complexity index is 391. The Morgan fingerprint density at radius 2 is 2.21 bits per heavy atom. The van der Waals surface area contributed by atoms with E-state index in [0.717, 1.165) is 12.5 Å². The highest BCUT2D eigenvalue weighted by molar-refractivity contribution is 5.24. The van der Waals surface area contributed by atoms with Crippen molar-refractivity contribution < 1.29 is 4.74 Å². The molecule has 2 rings (SSSR count). The summed E-state index contributed by atoms with van der Waals surface area (Å²) in [6, 6.07) is 8.69. The van der Waals surface area contributed by atoms with Crippen LogP contribution in [0.4, 0.5) is 0 Å².